The zero-order valence-corrected chi connectivity index (χ0v) is 9.85. The average Bonchev–Trinajstić information content (AvgIpc) is 2.67. The van der Waals surface area contributed by atoms with Gasteiger partial charge in [-0.3, -0.25) is 9.36 Å². The molecule has 0 aliphatic carbocycles. The number of aromatic nitrogens is 2. The minimum Gasteiger partial charge on any atom is -0.396 e. The largest absolute Gasteiger partial charge is 0.396 e. The smallest absolute Gasteiger partial charge is 0.326 e. The Morgan fingerprint density at radius 2 is 2.17 bits per heavy atom. The van der Waals surface area contributed by atoms with E-state index in [9.17, 15) is 9.59 Å². The van der Waals surface area contributed by atoms with Crippen molar-refractivity contribution in [1.82, 2.24) is 14.9 Å². The summed E-state index contributed by atoms with van der Waals surface area (Å²) < 4.78 is 1.39. The molecule has 6 nitrogen and oxygen atoms in total. The predicted octanol–water partition coefficient (Wildman–Crippen LogP) is -0.172. The number of hydrogen-bond acceptors (Lipinski definition) is 3. The number of carbonyl (C=O) groups excluding carboxylic acids is 1. The molecule has 96 valence electrons. The van der Waals surface area contributed by atoms with Gasteiger partial charge in [-0.15, -0.1) is 0 Å². The number of amides is 1. The molecule has 1 amide bonds. The lowest BCUT2D eigenvalue weighted by molar-refractivity contribution is -0.121. The first-order chi connectivity index (χ1) is 8.72. The van der Waals surface area contributed by atoms with E-state index in [4.69, 9.17) is 5.11 Å². The van der Waals surface area contributed by atoms with Crippen molar-refractivity contribution in [2.24, 2.45) is 0 Å². The Bertz CT molecular complexity index is 600. The average molecular weight is 249 g/mol. The van der Waals surface area contributed by atoms with E-state index in [0.29, 0.717) is 24.0 Å². The number of carbonyl (C=O) groups is 1. The Morgan fingerprint density at radius 3 is 2.94 bits per heavy atom. The number of aromatic amines is 1. The molecule has 0 unspecified atom stereocenters. The monoisotopic (exact) mass is 249 g/mol. The molecule has 1 aromatic heterocycles. The summed E-state index contributed by atoms with van der Waals surface area (Å²) in [5.74, 6) is -0.240. The van der Waals surface area contributed by atoms with Gasteiger partial charge in [0.15, 0.2) is 0 Å². The number of benzene rings is 1. The maximum absolute atomic E-state index is 11.7. The highest BCUT2D eigenvalue weighted by Gasteiger charge is 2.09. The van der Waals surface area contributed by atoms with Crippen molar-refractivity contribution in [3.8, 4) is 0 Å². The SMILES string of the molecule is O=C(Cn1c(=O)[nH]c2ccccc21)NCCCO. The normalized spacial score (nSPS) is 10.7. The summed E-state index contributed by atoms with van der Waals surface area (Å²) in [4.78, 5) is 26.0. The summed E-state index contributed by atoms with van der Waals surface area (Å²) in [6.07, 6.45) is 0.508. The number of imidazole rings is 1. The molecule has 0 bridgehead atoms. The molecule has 0 radical (unpaired) electrons. The van der Waals surface area contributed by atoms with Gasteiger partial charge >= 0.3 is 5.69 Å². The second kappa shape index (κ2) is 5.50. The third-order valence-electron chi connectivity index (χ3n) is 2.64. The minimum absolute atomic E-state index is 0.0196. The summed E-state index contributed by atoms with van der Waals surface area (Å²) in [6, 6.07) is 7.21. The zero-order chi connectivity index (χ0) is 13.0. The van der Waals surface area contributed by atoms with Crippen molar-refractivity contribution in [2.75, 3.05) is 13.2 Å². The van der Waals surface area contributed by atoms with Crippen molar-refractivity contribution in [1.29, 1.82) is 0 Å². The number of rotatable bonds is 5. The number of nitrogens with zero attached hydrogens (tertiary/aromatic N) is 1. The third kappa shape index (κ3) is 2.60. The highest BCUT2D eigenvalue weighted by molar-refractivity contribution is 5.80. The van der Waals surface area contributed by atoms with Crippen molar-refractivity contribution in [2.45, 2.75) is 13.0 Å². The van der Waals surface area contributed by atoms with Crippen LogP contribution >= 0.6 is 0 Å². The third-order valence-corrected chi connectivity index (χ3v) is 2.64. The Hall–Kier alpha value is -2.08. The first-order valence-electron chi connectivity index (χ1n) is 5.77. The predicted molar refractivity (Wildman–Crippen MR) is 67.3 cm³/mol. The molecule has 18 heavy (non-hydrogen) atoms. The molecule has 2 aromatic rings. The molecule has 0 atom stereocenters. The fourth-order valence-corrected chi connectivity index (χ4v) is 1.77. The van der Waals surface area contributed by atoms with Gasteiger partial charge in [0.05, 0.1) is 11.0 Å². The van der Waals surface area contributed by atoms with Crippen molar-refractivity contribution >= 4 is 16.9 Å². The number of H-pyrrole nitrogens is 1. The second-order valence-corrected chi connectivity index (χ2v) is 3.96. The van der Waals surface area contributed by atoms with Gasteiger partial charge in [-0.05, 0) is 18.6 Å². The van der Waals surface area contributed by atoms with E-state index in [0.717, 1.165) is 0 Å². The van der Waals surface area contributed by atoms with Crippen LogP contribution in [0.2, 0.25) is 0 Å². The van der Waals surface area contributed by atoms with Crippen LogP contribution in [-0.4, -0.2) is 33.7 Å². The highest BCUT2D eigenvalue weighted by Crippen LogP contribution is 2.08. The number of para-hydroxylation sites is 2. The Labute approximate surface area is 103 Å². The van der Waals surface area contributed by atoms with E-state index in [1.807, 2.05) is 12.1 Å². The van der Waals surface area contributed by atoms with Crippen LogP contribution in [0.1, 0.15) is 6.42 Å². The molecule has 1 heterocycles. The molecule has 0 spiro atoms. The Kier molecular flexibility index (Phi) is 3.78. The van der Waals surface area contributed by atoms with Gasteiger partial charge in [-0.25, -0.2) is 4.79 Å². The van der Waals surface area contributed by atoms with E-state index in [-0.39, 0.29) is 24.7 Å². The molecule has 3 N–H and O–H groups in total. The van der Waals surface area contributed by atoms with Gasteiger partial charge in [-0.2, -0.15) is 0 Å². The highest BCUT2D eigenvalue weighted by atomic mass is 16.3. The first kappa shape index (κ1) is 12.4. The quantitative estimate of drug-likeness (QED) is 0.643. The molecule has 0 fully saturated rings. The minimum atomic E-state index is -0.298. The van der Waals surface area contributed by atoms with Crippen LogP contribution in [-0.2, 0) is 11.3 Å². The molecule has 0 aliphatic rings. The second-order valence-electron chi connectivity index (χ2n) is 3.96. The van der Waals surface area contributed by atoms with Crippen LogP contribution in [0.5, 0.6) is 0 Å². The summed E-state index contributed by atoms with van der Waals surface area (Å²) in [5, 5.41) is 11.3. The number of aliphatic hydroxyl groups is 1. The Morgan fingerprint density at radius 1 is 1.39 bits per heavy atom. The molecule has 0 saturated carbocycles. The number of aliphatic hydroxyl groups excluding tert-OH is 1. The van der Waals surface area contributed by atoms with E-state index in [1.54, 1.807) is 12.1 Å². The van der Waals surface area contributed by atoms with Crippen LogP contribution < -0.4 is 11.0 Å². The van der Waals surface area contributed by atoms with E-state index < -0.39 is 0 Å². The maximum Gasteiger partial charge on any atom is 0.326 e. The van der Waals surface area contributed by atoms with E-state index >= 15 is 0 Å². The first-order valence-corrected chi connectivity index (χ1v) is 5.77. The number of nitrogens with one attached hydrogen (secondary N) is 2. The van der Waals surface area contributed by atoms with Crippen molar-refractivity contribution in [3.63, 3.8) is 0 Å². The van der Waals surface area contributed by atoms with E-state index in [2.05, 4.69) is 10.3 Å². The molecule has 2 rings (SSSR count). The number of fused-ring (bicyclic) bond motifs is 1. The molecule has 6 heteroatoms. The molecule has 1 aromatic carbocycles. The maximum atomic E-state index is 11.7. The molecule has 0 aliphatic heterocycles. The van der Waals surface area contributed by atoms with Gasteiger partial charge in [0.2, 0.25) is 5.91 Å². The lowest BCUT2D eigenvalue weighted by Crippen LogP contribution is -2.32. The summed E-state index contributed by atoms with van der Waals surface area (Å²) in [6.45, 7) is 0.425. The van der Waals surface area contributed by atoms with Crippen molar-refractivity contribution < 1.29 is 9.90 Å². The van der Waals surface area contributed by atoms with Crippen LogP contribution in [0.3, 0.4) is 0 Å². The molecular formula is C12H15N3O3. The van der Waals surface area contributed by atoms with Gasteiger partial charge in [0, 0.05) is 13.2 Å². The Balaban J connectivity index is 2.14. The lowest BCUT2D eigenvalue weighted by atomic mass is 10.3. The molecular weight excluding hydrogens is 234 g/mol. The lowest BCUT2D eigenvalue weighted by Gasteiger charge is -2.05. The van der Waals surface area contributed by atoms with Crippen LogP contribution in [0, 0.1) is 0 Å². The fraction of sp³-hybridized carbons (Fsp3) is 0.333. The summed E-state index contributed by atoms with van der Waals surface area (Å²) in [7, 11) is 0. The van der Waals surface area contributed by atoms with Crippen LogP contribution in [0.4, 0.5) is 0 Å². The fourth-order valence-electron chi connectivity index (χ4n) is 1.77. The topological polar surface area (TPSA) is 87.1 Å². The van der Waals surface area contributed by atoms with Gasteiger partial charge in [0.1, 0.15) is 6.54 Å². The van der Waals surface area contributed by atoms with Crippen LogP contribution in [0.25, 0.3) is 11.0 Å². The van der Waals surface area contributed by atoms with Crippen molar-refractivity contribution in [3.05, 3.63) is 34.7 Å². The zero-order valence-electron chi connectivity index (χ0n) is 9.85. The van der Waals surface area contributed by atoms with E-state index in [1.165, 1.54) is 4.57 Å². The van der Waals surface area contributed by atoms with Gasteiger partial charge < -0.3 is 15.4 Å². The van der Waals surface area contributed by atoms with Gasteiger partial charge in [0.25, 0.3) is 0 Å². The van der Waals surface area contributed by atoms with Gasteiger partial charge in [-0.1, -0.05) is 12.1 Å². The summed E-state index contributed by atoms with van der Waals surface area (Å²) >= 11 is 0. The molecule has 0 saturated heterocycles. The number of hydrogen-bond donors (Lipinski definition) is 3. The standard InChI is InChI=1S/C12H15N3O3/c16-7-3-6-13-11(17)8-15-10-5-2-1-4-9(10)14-12(15)18/h1-2,4-5,16H,3,6-8H2,(H,13,17)(H,14,18). The summed E-state index contributed by atoms with van der Waals surface area (Å²) in [5.41, 5.74) is 1.12. The van der Waals surface area contributed by atoms with Crippen LogP contribution in [0.15, 0.2) is 29.1 Å².